The Labute approximate surface area is 108 Å². The van der Waals surface area contributed by atoms with Crippen molar-refractivity contribution in [1.82, 2.24) is 4.90 Å². The molecule has 2 unspecified atom stereocenters. The Bertz CT molecular complexity index is 327. The summed E-state index contributed by atoms with van der Waals surface area (Å²) in [5.41, 5.74) is 6.88. The molecule has 1 aromatic rings. The van der Waals surface area contributed by atoms with Gasteiger partial charge in [0.15, 0.2) is 0 Å². The Kier molecular flexibility index (Phi) is 5.98. The first-order valence-electron chi connectivity index (χ1n) is 5.77. The Morgan fingerprint density at radius 3 is 2.35 bits per heavy atom. The summed E-state index contributed by atoms with van der Waals surface area (Å²) in [6.07, 6.45) is 2.25. The minimum Gasteiger partial charge on any atom is -0.387 e. The molecule has 0 heterocycles. The molecule has 0 saturated carbocycles. The Hall–Kier alpha value is -0.550. The third kappa shape index (κ3) is 4.68. The molecule has 3 N–H and O–H groups in total. The van der Waals surface area contributed by atoms with Gasteiger partial charge in [-0.3, -0.25) is 0 Å². The summed E-state index contributed by atoms with van der Waals surface area (Å²) in [5.74, 6) is 0. The largest absolute Gasteiger partial charge is 0.387 e. The molecule has 17 heavy (non-hydrogen) atoms. The van der Waals surface area contributed by atoms with E-state index >= 15 is 0 Å². The third-order valence-electron chi connectivity index (χ3n) is 2.77. The van der Waals surface area contributed by atoms with Crippen LogP contribution >= 0.6 is 11.8 Å². The van der Waals surface area contributed by atoms with Gasteiger partial charge in [-0.25, -0.2) is 0 Å². The highest BCUT2D eigenvalue weighted by Gasteiger charge is 2.16. The number of thioether (sulfide) groups is 1. The fraction of sp³-hybridized carbons (Fsp3) is 0.538. The topological polar surface area (TPSA) is 49.5 Å². The zero-order valence-electron chi connectivity index (χ0n) is 10.8. The smallest absolute Gasteiger partial charge is 0.0941 e. The van der Waals surface area contributed by atoms with Gasteiger partial charge >= 0.3 is 0 Å². The van der Waals surface area contributed by atoms with E-state index in [2.05, 4.69) is 4.90 Å². The van der Waals surface area contributed by atoms with Crippen molar-refractivity contribution in [3.05, 3.63) is 29.8 Å². The fourth-order valence-corrected chi connectivity index (χ4v) is 2.02. The maximum Gasteiger partial charge on any atom is 0.0941 e. The number of aliphatic hydroxyl groups is 1. The van der Waals surface area contributed by atoms with Crippen LogP contribution in [0.4, 0.5) is 0 Å². The second-order valence-corrected chi connectivity index (χ2v) is 5.35. The molecule has 0 saturated heterocycles. The first-order valence-corrected chi connectivity index (χ1v) is 6.99. The number of rotatable bonds is 6. The molecule has 3 nitrogen and oxygen atoms in total. The van der Waals surface area contributed by atoms with Crippen LogP contribution in [-0.4, -0.2) is 42.9 Å². The number of benzene rings is 1. The highest BCUT2D eigenvalue weighted by atomic mass is 32.2. The van der Waals surface area contributed by atoms with Crippen LogP contribution in [0, 0.1) is 0 Å². The van der Waals surface area contributed by atoms with Crippen molar-refractivity contribution >= 4 is 11.8 Å². The average Bonchev–Trinajstić information content (AvgIpc) is 2.35. The molecule has 96 valence electrons. The van der Waals surface area contributed by atoms with Crippen molar-refractivity contribution in [1.29, 1.82) is 0 Å². The molecule has 0 aliphatic carbocycles. The molecule has 4 heteroatoms. The molecule has 0 radical (unpaired) electrons. The van der Waals surface area contributed by atoms with Crippen LogP contribution in [0.3, 0.4) is 0 Å². The zero-order chi connectivity index (χ0) is 12.8. The van der Waals surface area contributed by atoms with E-state index in [-0.39, 0.29) is 6.04 Å². The SMILES string of the molecule is CSc1ccc(C(O)C(N)CCN(C)C)cc1. The monoisotopic (exact) mass is 254 g/mol. The average molecular weight is 254 g/mol. The van der Waals surface area contributed by atoms with Crippen LogP contribution in [0.15, 0.2) is 29.2 Å². The summed E-state index contributed by atoms with van der Waals surface area (Å²) in [7, 11) is 4.01. The van der Waals surface area contributed by atoms with Crippen LogP contribution in [0.25, 0.3) is 0 Å². The quantitative estimate of drug-likeness (QED) is 0.759. The van der Waals surface area contributed by atoms with Gasteiger partial charge in [0, 0.05) is 10.9 Å². The van der Waals surface area contributed by atoms with E-state index in [1.54, 1.807) is 11.8 Å². The van der Waals surface area contributed by atoms with Crippen LogP contribution in [-0.2, 0) is 0 Å². The minimum atomic E-state index is -0.578. The van der Waals surface area contributed by atoms with Crippen molar-refractivity contribution in [2.75, 3.05) is 26.9 Å². The second kappa shape index (κ2) is 7.01. The van der Waals surface area contributed by atoms with E-state index in [1.165, 1.54) is 4.90 Å². The van der Waals surface area contributed by atoms with E-state index in [4.69, 9.17) is 5.73 Å². The number of hydrogen-bond acceptors (Lipinski definition) is 4. The Balaban J connectivity index is 2.58. The second-order valence-electron chi connectivity index (χ2n) is 4.47. The Morgan fingerprint density at radius 1 is 1.29 bits per heavy atom. The standard InChI is InChI=1S/C13H22N2OS/c1-15(2)9-8-12(14)13(16)10-4-6-11(17-3)7-5-10/h4-7,12-13,16H,8-9,14H2,1-3H3. The molecule has 1 rings (SSSR count). The molecule has 0 aliphatic heterocycles. The summed E-state index contributed by atoms with van der Waals surface area (Å²) in [4.78, 5) is 3.27. The molecule has 0 spiro atoms. The lowest BCUT2D eigenvalue weighted by Gasteiger charge is -2.21. The van der Waals surface area contributed by atoms with E-state index in [0.29, 0.717) is 0 Å². The minimum absolute atomic E-state index is 0.211. The number of nitrogens with two attached hydrogens (primary N) is 1. The number of nitrogens with zero attached hydrogens (tertiary/aromatic N) is 1. The molecule has 2 atom stereocenters. The van der Waals surface area contributed by atoms with Crippen LogP contribution in [0.5, 0.6) is 0 Å². The summed E-state index contributed by atoms with van der Waals surface area (Å²) < 4.78 is 0. The number of hydrogen-bond donors (Lipinski definition) is 2. The summed E-state index contributed by atoms with van der Waals surface area (Å²) in [5, 5.41) is 10.1. The van der Waals surface area contributed by atoms with Crippen molar-refractivity contribution in [3.63, 3.8) is 0 Å². The molecule has 0 aromatic heterocycles. The van der Waals surface area contributed by atoms with E-state index in [0.717, 1.165) is 18.5 Å². The van der Waals surface area contributed by atoms with Gasteiger partial charge < -0.3 is 15.7 Å². The molecular weight excluding hydrogens is 232 g/mol. The zero-order valence-corrected chi connectivity index (χ0v) is 11.6. The van der Waals surface area contributed by atoms with Crippen LogP contribution < -0.4 is 5.73 Å². The van der Waals surface area contributed by atoms with Gasteiger partial charge in [-0.05, 0) is 51.0 Å². The van der Waals surface area contributed by atoms with Gasteiger partial charge in [-0.15, -0.1) is 11.8 Å². The summed E-state index contributed by atoms with van der Waals surface area (Å²) in [6, 6.07) is 7.72. The predicted octanol–water partition coefficient (Wildman–Crippen LogP) is 1.72. The highest BCUT2D eigenvalue weighted by Crippen LogP contribution is 2.21. The molecule has 1 aromatic carbocycles. The van der Waals surface area contributed by atoms with E-state index in [9.17, 15) is 5.11 Å². The Morgan fingerprint density at radius 2 is 1.88 bits per heavy atom. The highest BCUT2D eigenvalue weighted by molar-refractivity contribution is 7.98. The van der Waals surface area contributed by atoms with Gasteiger partial charge in [-0.2, -0.15) is 0 Å². The lowest BCUT2D eigenvalue weighted by atomic mass is 10.0. The number of aliphatic hydroxyl groups excluding tert-OH is 1. The third-order valence-corrected chi connectivity index (χ3v) is 3.52. The van der Waals surface area contributed by atoms with Gasteiger partial charge in [-0.1, -0.05) is 12.1 Å². The maximum absolute atomic E-state index is 10.1. The molecule has 0 aliphatic rings. The van der Waals surface area contributed by atoms with Gasteiger partial charge in [0.05, 0.1) is 6.10 Å². The normalized spacial score (nSPS) is 14.9. The van der Waals surface area contributed by atoms with E-state index in [1.807, 2.05) is 44.6 Å². The van der Waals surface area contributed by atoms with Crippen LogP contribution in [0.1, 0.15) is 18.1 Å². The van der Waals surface area contributed by atoms with E-state index < -0.39 is 6.10 Å². The maximum atomic E-state index is 10.1. The summed E-state index contributed by atoms with van der Waals surface area (Å²) >= 11 is 1.69. The van der Waals surface area contributed by atoms with Gasteiger partial charge in [0.2, 0.25) is 0 Å². The van der Waals surface area contributed by atoms with Crippen molar-refractivity contribution in [3.8, 4) is 0 Å². The molecular formula is C13H22N2OS. The first kappa shape index (κ1) is 14.5. The molecule has 0 amide bonds. The van der Waals surface area contributed by atoms with Gasteiger partial charge in [0.1, 0.15) is 0 Å². The van der Waals surface area contributed by atoms with Crippen molar-refractivity contribution in [2.24, 2.45) is 5.73 Å². The first-order chi connectivity index (χ1) is 8.04. The van der Waals surface area contributed by atoms with Crippen molar-refractivity contribution < 1.29 is 5.11 Å². The predicted molar refractivity (Wildman–Crippen MR) is 74.3 cm³/mol. The lowest BCUT2D eigenvalue weighted by molar-refractivity contribution is 0.137. The summed E-state index contributed by atoms with van der Waals surface area (Å²) in [6.45, 7) is 0.890. The van der Waals surface area contributed by atoms with Crippen LogP contribution in [0.2, 0.25) is 0 Å². The molecule has 0 fully saturated rings. The van der Waals surface area contributed by atoms with Crippen molar-refractivity contribution in [2.45, 2.75) is 23.5 Å². The van der Waals surface area contributed by atoms with Gasteiger partial charge in [0.25, 0.3) is 0 Å². The lowest BCUT2D eigenvalue weighted by Crippen LogP contribution is -2.32. The molecule has 0 bridgehead atoms. The fourth-order valence-electron chi connectivity index (χ4n) is 1.61.